The third-order valence-corrected chi connectivity index (χ3v) is 3.36. The molecule has 1 atom stereocenters. The SMILES string of the molecule is COc1cc2c(cc1OC)[C@@H](CC(=O)NN)NCC2. The fourth-order valence-corrected chi connectivity index (χ4v) is 2.40. The van der Waals surface area contributed by atoms with Crippen molar-refractivity contribution in [2.75, 3.05) is 20.8 Å². The van der Waals surface area contributed by atoms with E-state index < -0.39 is 0 Å². The molecule has 0 aliphatic carbocycles. The van der Waals surface area contributed by atoms with Crippen LogP contribution in [0.1, 0.15) is 23.6 Å². The van der Waals surface area contributed by atoms with Crippen LogP contribution in [0.4, 0.5) is 0 Å². The van der Waals surface area contributed by atoms with E-state index in [0.29, 0.717) is 17.9 Å². The molecule has 1 heterocycles. The third kappa shape index (κ3) is 2.80. The van der Waals surface area contributed by atoms with Gasteiger partial charge in [-0.3, -0.25) is 10.2 Å². The van der Waals surface area contributed by atoms with Gasteiger partial charge in [-0.15, -0.1) is 0 Å². The average Bonchev–Trinajstić information content (AvgIpc) is 2.45. The van der Waals surface area contributed by atoms with E-state index in [-0.39, 0.29) is 11.9 Å². The Morgan fingerprint density at radius 3 is 2.74 bits per heavy atom. The molecular weight excluding hydrogens is 246 g/mol. The Morgan fingerprint density at radius 1 is 1.42 bits per heavy atom. The Kier molecular flexibility index (Phi) is 4.24. The molecule has 0 aromatic heterocycles. The van der Waals surface area contributed by atoms with E-state index in [1.807, 2.05) is 12.1 Å². The highest BCUT2D eigenvalue weighted by atomic mass is 16.5. The second-order valence-electron chi connectivity index (χ2n) is 4.43. The van der Waals surface area contributed by atoms with Crippen LogP contribution in [0.2, 0.25) is 0 Å². The molecule has 1 aliphatic heterocycles. The Morgan fingerprint density at radius 2 is 2.11 bits per heavy atom. The molecule has 6 heteroatoms. The summed E-state index contributed by atoms with van der Waals surface area (Å²) in [5.41, 5.74) is 4.39. The van der Waals surface area contributed by atoms with Gasteiger partial charge < -0.3 is 14.8 Å². The third-order valence-electron chi connectivity index (χ3n) is 3.36. The number of benzene rings is 1. The van der Waals surface area contributed by atoms with Gasteiger partial charge in [0.05, 0.1) is 14.2 Å². The van der Waals surface area contributed by atoms with Gasteiger partial charge >= 0.3 is 0 Å². The van der Waals surface area contributed by atoms with Crippen molar-refractivity contribution in [3.8, 4) is 11.5 Å². The van der Waals surface area contributed by atoms with Crippen LogP contribution >= 0.6 is 0 Å². The minimum atomic E-state index is -0.194. The molecule has 1 aromatic rings. The lowest BCUT2D eigenvalue weighted by Crippen LogP contribution is -2.37. The van der Waals surface area contributed by atoms with Crippen LogP contribution in [0.15, 0.2) is 12.1 Å². The number of nitrogens with one attached hydrogen (secondary N) is 2. The Labute approximate surface area is 112 Å². The summed E-state index contributed by atoms with van der Waals surface area (Å²) in [4.78, 5) is 11.4. The second kappa shape index (κ2) is 5.90. The fourth-order valence-electron chi connectivity index (χ4n) is 2.40. The number of rotatable bonds is 4. The van der Waals surface area contributed by atoms with Crippen molar-refractivity contribution in [3.63, 3.8) is 0 Å². The summed E-state index contributed by atoms with van der Waals surface area (Å²) in [5.74, 6) is 6.33. The van der Waals surface area contributed by atoms with Gasteiger partial charge in [0, 0.05) is 12.5 Å². The van der Waals surface area contributed by atoms with Gasteiger partial charge in [-0.2, -0.15) is 0 Å². The summed E-state index contributed by atoms with van der Waals surface area (Å²) >= 11 is 0. The molecule has 19 heavy (non-hydrogen) atoms. The van der Waals surface area contributed by atoms with Crippen LogP contribution in [0.3, 0.4) is 0 Å². The zero-order valence-electron chi connectivity index (χ0n) is 11.2. The minimum Gasteiger partial charge on any atom is -0.493 e. The lowest BCUT2D eigenvalue weighted by molar-refractivity contribution is -0.121. The van der Waals surface area contributed by atoms with Crippen molar-refractivity contribution in [1.29, 1.82) is 0 Å². The topological polar surface area (TPSA) is 85.6 Å². The first-order chi connectivity index (χ1) is 9.19. The normalized spacial score (nSPS) is 17.5. The Hall–Kier alpha value is -1.79. The van der Waals surface area contributed by atoms with Crippen molar-refractivity contribution in [1.82, 2.24) is 10.7 Å². The molecule has 2 rings (SSSR count). The number of nitrogens with two attached hydrogens (primary N) is 1. The van der Waals surface area contributed by atoms with Crippen molar-refractivity contribution < 1.29 is 14.3 Å². The zero-order valence-corrected chi connectivity index (χ0v) is 11.2. The molecule has 1 amide bonds. The highest BCUT2D eigenvalue weighted by Gasteiger charge is 2.24. The number of methoxy groups -OCH3 is 2. The molecule has 0 bridgehead atoms. The predicted molar refractivity (Wildman–Crippen MR) is 70.9 cm³/mol. The van der Waals surface area contributed by atoms with E-state index in [4.69, 9.17) is 15.3 Å². The molecule has 0 radical (unpaired) electrons. The fraction of sp³-hybridized carbons (Fsp3) is 0.462. The number of carbonyl (C=O) groups excluding carboxylic acids is 1. The minimum absolute atomic E-state index is 0.0490. The highest BCUT2D eigenvalue weighted by Crippen LogP contribution is 2.35. The van der Waals surface area contributed by atoms with E-state index in [1.165, 1.54) is 5.56 Å². The molecule has 0 unspecified atom stereocenters. The Balaban J connectivity index is 2.34. The summed E-state index contributed by atoms with van der Waals surface area (Å²) in [7, 11) is 3.22. The van der Waals surface area contributed by atoms with Gasteiger partial charge in [0.15, 0.2) is 11.5 Å². The van der Waals surface area contributed by atoms with E-state index in [2.05, 4.69) is 10.7 Å². The van der Waals surface area contributed by atoms with Gasteiger partial charge in [-0.1, -0.05) is 0 Å². The first-order valence-corrected chi connectivity index (χ1v) is 6.17. The summed E-state index contributed by atoms with van der Waals surface area (Å²) < 4.78 is 10.6. The number of hydrogen-bond acceptors (Lipinski definition) is 5. The van der Waals surface area contributed by atoms with Crippen molar-refractivity contribution in [2.45, 2.75) is 18.9 Å². The van der Waals surface area contributed by atoms with Crippen LogP contribution in [0.25, 0.3) is 0 Å². The van der Waals surface area contributed by atoms with E-state index in [0.717, 1.165) is 18.5 Å². The molecular formula is C13H19N3O3. The van der Waals surface area contributed by atoms with Crippen LogP contribution in [-0.2, 0) is 11.2 Å². The van der Waals surface area contributed by atoms with E-state index in [1.54, 1.807) is 14.2 Å². The number of hydrogen-bond donors (Lipinski definition) is 3. The number of fused-ring (bicyclic) bond motifs is 1. The van der Waals surface area contributed by atoms with Crippen LogP contribution in [0, 0.1) is 0 Å². The number of ether oxygens (including phenoxy) is 2. The number of amides is 1. The summed E-state index contributed by atoms with van der Waals surface area (Å²) in [6.07, 6.45) is 1.20. The maximum absolute atomic E-state index is 11.4. The molecule has 0 spiro atoms. The number of carbonyl (C=O) groups is 1. The second-order valence-corrected chi connectivity index (χ2v) is 4.43. The smallest absolute Gasteiger partial charge is 0.235 e. The molecule has 0 saturated carbocycles. The van der Waals surface area contributed by atoms with Gasteiger partial charge in [0.25, 0.3) is 0 Å². The van der Waals surface area contributed by atoms with Gasteiger partial charge in [0.1, 0.15) is 0 Å². The molecule has 1 aliphatic rings. The molecule has 4 N–H and O–H groups in total. The monoisotopic (exact) mass is 265 g/mol. The summed E-state index contributed by atoms with van der Waals surface area (Å²) in [6, 6.07) is 3.85. The van der Waals surface area contributed by atoms with Crippen LogP contribution in [-0.4, -0.2) is 26.7 Å². The molecule has 0 fully saturated rings. The molecule has 104 valence electrons. The molecule has 0 saturated heterocycles. The Bertz CT molecular complexity index is 476. The quantitative estimate of drug-likeness (QED) is 0.413. The summed E-state index contributed by atoms with van der Waals surface area (Å²) in [6.45, 7) is 0.824. The van der Waals surface area contributed by atoms with E-state index in [9.17, 15) is 4.79 Å². The largest absolute Gasteiger partial charge is 0.493 e. The number of hydrazine groups is 1. The first kappa shape index (κ1) is 13.6. The van der Waals surface area contributed by atoms with Crippen LogP contribution in [0.5, 0.6) is 11.5 Å². The average molecular weight is 265 g/mol. The maximum atomic E-state index is 11.4. The van der Waals surface area contributed by atoms with Crippen molar-refractivity contribution >= 4 is 5.91 Å². The maximum Gasteiger partial charge on any atom is 0.235 e. The lowest BCUT2D eigenvalue weighted by atomic mass is 9.91. The predicted octanol–water partition coefficient (Wildman–Crippen LogP) is 0.271. The van der Waals surface area contributed by atoms with Crippen molar-refractivity contribution in [2.24, 2.45) is 5.84 Å². The van der Waals surface area contributed by atoms with Gasteiger partial charge in [0.2, 0.25) is 5.91 Å². The molecule has 6 nitrogen and oxygen atoms in total. The van der Waals surface area contributed by atoms with Gasteiger partial charge in [-0.05, 0) is 36.2 Å². The van der Waals surface area contributed by atoms with Crippen molar-refractivity contribution in [3.05, 3.63) is 23.3 Å². The lowest BCUT2D eigenvalue weighted by Gasteiger charge is -2.27. The van der Waals surface area contributed by atoms with Gasteiger partial charge in [-0.25, -0.2) is 5.84 Å². The van der Waals surface area contributed by atoms with E-state index >= 15 is 0 Å². The summed E-state index contributed by atoms with van der Waals surface area (Å²) in [5, 5.41) is 3.32. The molecule has 1 aromatic carbocycles. The standard InChI is InChI=1S/C13H19N3O3/c1-18-11-5-8-3-4-15-10(7-13(17)16-14)9(8)6-12(11)19-2/h5-6,10,15H,3-4,7,14H2,1-2H3,(H,16,17)/t10-/m1/s1. The van der Waals surface area contributed by atoms with Crippen LogP contribution < -0.4 is 26.1 Å². The highest BCUT2D eigenvalue weighted by molar-refractivity contribution is 5.76. The zero-order chi connectivity index (χ0) is 13.8. The first-order valence-electron chi connectivity index (χ1n) is 6.17.